The van der Waals surface area contributed by atoms with Gasteiger partial charge in [-0.1, -0.05) is 0 Å². The summed E-state index contributed by atoms with van der Waals surface area (Å²) >= 11 is 0. The highest BCUT2D eigenvalue weighted by Crippen LogP contribution is 2.34. The molecule has 3 N–H and O–H groups in total. The number of benzene rings is 1. The zero-order valence-corrected chi connectivity index (χ0v) is 11.7. The average Bonchev–Trinajstić information content (AvgIpc) is 2.36. The largest absolute Gasteiger partial charge is 0.416 e. The molecule has 1 aromatic carbocycles. The number of alkyl halides is 3. The monoisotopic (exact) mass is 341 g/mol. The quantitative estimate of drug-likeness (QED) is 0.614. The van der Waals surface area contributed by atoms with Gasteiger partial charge >= 0.3 is 6.18 Å². The summed E-state index contributed by atoms with van der Waals surface area (Å²) in [6, 6.07) is -0.399. The van der Waals surface area contributed by atoms with Gasteiger partial charge in [0.2, 0.25) is 5.91 Å². The molecule has 1 amide bonds. The Hall–Kier alpha value is -2.21. The smallest absolute Gasteiger partial charge is 0.320 e. The summed E-state index contributed by atoms with van der Waals surface area (Å²) in [7, 11) is -4.73. The van der Waals surface area contributed by atoms with Crippen molar-refractivity contribution in [1.82, 2.24) is 4.72 Å². The minimum absolute atomic E-state index is 0.0743. The Kier molecular flexibility index (Phi) is 4.77. The van der Waals surface area contributed by atoms with Gasteiger partial charge in [0.15, 0.2) is 4.90 Å². The fraction of sp³-hybridized carbons (Fsp3) is 0.300. The van der Waals surface area contributed by atoms with E-state index in [-0.39, 0.29) is 6.07 Å². The third-order valence-electron chi connectivity index (χ3n) is 2.42. The summed E-state index contributed by atoms with van der Waals surface area (Å²) in [6.45, 7) is 1.16. The van der Waals surface area contributed by atoms with E-state index in [1.165, 1.54) is 4.72 Å². The number of nitrogens with one attached hydrogen (secondary N) is 1. The lowest BCUT2D eigenvalue weighted by atomic mass is 10.2. The molecule has 0 aliphatic heterocycles. The Morgan fingerprint density at radius 1 is 1.41 bits per heavy atom. The van der Waals surface area contributed by atoms with Gasteiger partial charge in [-0.05, 0) is 19.1 Å². The fourth-order valence-corrected chi connectivity index (χ4v) is 2.56. The van der Waals surface area contributed by atoms with Gasteiger partial charge in [0.1, 0.15) is 0 Å². The molecule has 0 saturated heterocycles. The lowest BCUT2D eigenvalue weighted by Crippen LogP contribution is -2.41. The molecule has 22 heavy (non-hydrogen) atoms. The van der Waals surface area contributed by atoms with Crippen LogP contribution in [-0.2, 0) is 21.0 Å². The van der Waals surface area contributed by atoms with Crippen LogP contribution in [0.15, 0.2) is 23.1 Å². The number of sulfonamides is 1. The van der Waals surface area contributed by atoms with E-state index in [0.29, 0.717) is 12.1 Å². The van der Waals surface area contributed by atoms with E-state index in [0.717, 1.165) is 6.92 Å². The first-order chi connectivity index (χ1) is 9.86. The highest BCUT2D eigenvalue weighted by molar-refractivity contribution is 7.90. The Bertz CT molecular complexity index is 715. The SMILES string of the molecule is C[C@H](N)C(=O)NS(=O)(=O)c1ccc(C(F)(F)F)cc1[N+](=O)[O-]. The van der Waals surface area contributed by atoms with Gasteiger partial charge < -0.3 is 5.73 Å². The zero-order valence-electron chi connectivity index (χ0n) is 10.9. The third kappa shape index (κ3) is 3.92. The van der Waals surface area contributed by atoms with E-state index in [1.807, 2.05) is 0 Å². The fourth-order valence-electron chi connectivity index (χ4n) is 1.34. The molecule has 1 atom stereocenters. The predicted molar refractivity (Wildman–Crippen MR) is 67.1 cm³/mol. The van der Waals surface area contributed by atoms with Gasteiger partial charge in [0.05, 0.1) is 16.5 Å². The molecule has 0 aliphatic rings. The molecule has 0 aliphatic carbocycles. The van der Waals surface area contributed by atoms with Gasteiger partial charge in [-0.3, -0.25) is 14.9 Å². The summed E-state index contributed by atoms with van der Waals surface area (Å²) in [6.07, 6.45) is -4.89. The first kappa shape index (κ1) is 17.8. The van der Waals surface area contributed by atoms with Gasteiger partial charge in [-0.2, -0.15) is 13.2 Å². The minimum Gasteiger partial charge on any atom is -0.320 e. The maximum Gasteiger partial charge on any atom is 0.416 e. The van der Waals surface area contributed by atoms with Crippen molar-refractivity contribution in [3.8, 4) is 0 Å². The molecule has 0 heterocycles. The summed E-state index contributed by atoms with van der Waals surface area (Å²) in [5.41, 5.74) is 2.44. The van der Waals surface area contributed by atoms with E-state index in [2.05, 4.69) is 0 Å². The molecule has 1 aromatic rings. The topological polar surface area (TPSA) is 132 Å². The second-order valence-electron chi connectivity index (χ2n) is 4.20. The first-order valence-corrected chi connectivity index (χ1v) is 7.02. The molecule has 1 rings (SSSR count). The molecular formula is C10H10F3N3O5S. The van der Waals surface area contributed by atoms with Crippen molar-refractivity contribution in [1.29, 1.82) is 0 Å². The molecule has 0 saturated carbocycles. The van der Waals surface area contributed by atoms with Crippen molar-refractivity contribution in [2.75, 3.05) is 0 Å². The number of amides is 1. The summed E-state index contributed by atoms with van der Waals surface area (Å²) in [5, 5.41) is 10.8. The van der Waals surface area contributed by atoms with Crippen molar-refractivity contribution in [2.45, 2.75) is 24.0 Å². The van der Waals surface area contributed by atoms with Crippen LogP contribution in [0.4, 0.5) is 18.9 Å². The summed E-state index contributed by atoms with van der Waals surface area (Å²) < 4.78 is 62.7. The van der Waals surface area contributed by atoms with Crippen molar-refractivity contribution >= 4 is 21.6 Å². The van der Waals surface area contributed by atoms with Crippen LogP contribution in [-0.4, -0.2) is 25.3 Å². The van der Waals surface area contributed by atoms with E-state index >= 15 is 0 Å². The van der Waals surface area contributed by atoms with Crippen LogP contribution in [0, 0.1) is 10.1 Å². The number of carbonyl (C=O) groups is 1. The molecular weight excluding hydrogens is 331 g/mol. The van der Waals surface area contributed by atoms with Crippen LogP contribution in [0.5, 0.6) is 0 Å². The van der Waals surface area contributed by atoms with Gasteiger partial charge in [-0.15, -0.1) is 0 Å². The number of carbonyl (C=O) groups excluding carboxylic acids is 1. The van der Waals surface area contributed by atoms with Crippen LogP contribution in [0.25, 0.3) is 0 Å². The van der Waals surface area contributed by atoms with Crippen LogP contribution in [0.2, 0.25) is 0 Å². The third-order valence-corrected chi connectivity index (χ3v) is 3.82. The second kappa shape index (κ2) is 5.88. The number of nitrogens with zero attached hydrogens (tertiary/aromatic N) is 1. The first-order valence-electron chi connectivity index (χ1n) is 5.54. The Morgan fingerprint density at radius 3 is 2.36 bits per heavy atom. The number of nitro groups is 1. The number of halogens is 3. The van der Waals surface area contributed by atoms with Crippen molar-refractivity contribution in [3.05, 3.63) is 33.9 Å². The highest BCUT2D eigenvalue weighted by Gasteiger charge is 2.35. The number of hydrogen-bond acceptors (Lipinski definition) is 6. The molecule has 0 bridgehead atoms. The Morgan fingerprint density at radius 2 is 1.95 bits per heavy atom. The van der Waals surface area contributed by atoms with E-state index in [4.69, 9.17) is 5.73 Å². The number of hydrogen-bond donors (Lipinski definition) is 2. The second-order valence-corrected chi connectivity index (χ2v) is 5.85. The normalized spacial score (nSPS) is 13.5. The molecule has 0 aromatic heterocycles. The van der Waals surface area contributed by atoms with Crippen LogP contribution in [0.1, 0.15) is 12.5 Å². The van der Waals surface area contributed by atoms with Gasteiger partial charge in [-0.25, -0.2) is 13.1 Å². The van der Waals surface area contributed by atoms with Crippen LogP contribution < -0.4 is 10.5 Å². The molecule has 0 unspecified atom stereocenters. The summed E-state index contributed by atoms with van der Waals surface area (Å²) in [5.74, 6) is -1.16. The lowest BCUT2D eigenvalue weighted by molar-refractivity contribution is -0.388. The van der Waals surface area contributed by atoms with Gasteiger partial charge in [0.25, 0.3) is 15.7 Å². The predicted octanol–water partition coefficient (Wildman–Crippen LogP) is 0.766. The van der Waals surface area contributed by atoms with Crippen LogP contribution in [0.3, 0.4) is 0 Å². The number of rotatable bonds is 4. The van der Waals surface area contributed by atoms with Crippen LogP contribution >= 0.6 is 0 Å². The average molecular weight is 341 g/mol. The number of nitrogens with two attached hydrogens (primary N) is 1. The molecule has 12 heteroatoms. The Labute approximate surface area is 122 Å². The zero-order chi connectivity index (χ0) is 17.3. The Balaban J connectivity index is 3.42. The van der Waals surface area contributed by atoms with E-state index < -0.39 is 49.2 Å². The minimum atomic E-state index is -4.89. The lowest BCUT2D eigenvalue weighted by Gasteiger charge is -2.11. The molecule has 0 radical (unpaired) electrons. The van der Waals surface area contributed by atoms with E-state index in [9.17, 15) is 36.5 Å². The molecule has 8 nitrogen and oxygen atoms in total. The molecule has 122 valence electrons. The molecule has 0 fully saturated rings. The van der Waals surface area contributed by atoms with E-state index in [1.54, 1.807) is 0 Å². The molecule has 0 spiro atoms. The van der Waals surface area contributed by atoms with Crippen molar-refractivity contribution in [3.63, 3.8) is 0 Å². The van der Waals surface area contributed by atoms with Crippen molar-refractivity contribution < 1.29 is 31.3 Å². The van der Waals surface area contributed by atoms with Crippen molar-refractivity contribution in [2.24, 2.45) is 5.73 Å². The maximum atomic E-state index is 12.5. The maximum absolute atomic E-state index is 12.5. The number of nitro benzene ring substituents is 1. The standard InChI is InChI=1S/C10H10F3N3O5S/c1-5(14)9(17)15-22(20,21)8-3-2-6(10(11,12)13)4-7(8)16(18)19/h2-5H,14H2,1H3,(H,15,17)/t5-/m0/s1. The highest BCUT2D eigenvalue weighted by atomic mass is 32.2. The van der Waals surface area contributed by atoms with Gasteiger partial charge in [0, 0.05) is 6.07 Å². The summed E-state index contributed by atoms with van der Waals surface area (Å²) in [4.78, 5) is 19.7.